The van der Waals surface area contributed by atoms with E-state index < -0.39 is 12.0 Å². The van der Waals surface area contributed by atoms with Gasteiger partial charge in [0.1, 0.15) is 5.92 Å². The smallest absolute Gasteiger partial charge is 0.174 e. The van der Waals surface area contributed by atoms with Crippen LogP contribution >= 0.6 is 0 Å². The minimum Gasteiger partial charge on any atom is -0.389 e. The molecule has 1 N–H and O–H groups in total. The first-order valence-electron chi connectivity index (χ1n) is 8.58. The van der Waals surface area contributed by atoms with Gasteiger partial charge >= 0.3 is 0 Å². The lowest BCUT2D eigenvalue weighted by Gasteiger charge is -2.39. The van der Waals surface area contributed by atoms with Crippen LogP contribution in [0.25, 0.3) is 0 Å². The van der Waals surface area contributed by atoms with Crippen LogP contribution in [0.1, 0.15) is 52.9 Å². The summed E-state index contributed by atoms with van der Waals surface area (Å²) >= 11 is 0. The average molecular weight is 314 g/mol. The lowest BCUT2D eigenvalue weighted by atomic mass is 9.64. The van der Waals surface area contributed by atoms with Crippen LogP contribution in [0.3, 0.4) is 0 Å². The Bertz CT molecular complexity index is 648. The topological polar surface area (TPSA) is 54.4 Å². The van der Waals surface area contributed by atoms with Crippen LogP contribution in [-0.2, 0) is 9.59 Å². The van der Waals surface area contributed by atoms with Crippen LogP contribution in [0.2, 0.25) is 0 Å². The van der Waals surface area contributed by atoms with Crippen molar-refractivity contribution >= 4 is 11.6 Å². The van der Waals surface area contributed by atoms with E-state index in [1.807, 2.05) is 0 Å². The second kappa shape index (κ2) is 5.55. The quantitative estimate of drug-likeness (QED) is 0.549. The molecule has 0 fully saturated rings. The summed E-state index contributed by atoms with van der Waals surface area (Å²) in [4.78, 5) is 25.8. The van der Waals surface area contributed by atoms with Gasteiger partial charge in [-0.2, -0.15) is 0 Å². The van der Waals surface area contributed by atoms with Crippen molar-refractivity contribution in [1.29, 1.82) is 0 Å². The number of ketones is 2. The van der Waals surface area contributed by atoms with Crippen molar-refractivity contribution in [2.24, 2.45) is 17.3 Å². The molecule has 0 heterocycles. The molecule has 0 aliphatic heterocycles. The van der Waals surface area contributed by atoms with Crippen LogP contribution in [-0.4, -0.2) is 22.8 Å². The Balaban J connectivity index is 2.12. The zero-order valence-electron chi connectivity index (χ0n) is 14.3. The number of fused-ring (bicyclic) bond motifs is 2. The van der Waals surface area contributed by atoms with Crippen LogP contribution in [0.15, 0.2) is 34.9 Å². The zero-order valence-corrected chi connectivity index (χ0v) is 14.3. The van der Waals surface area contributed by atoms with E-state index in [1.165, 1.54) is 0 Å². The van der Waals surface area contributed by atoms with Gasteiger partial charge < -0.3 is 5.11 Å². The Morgan fingerprint density at radius 3 is 2.52 bits per heavy atom. The highest BCUT2D eigenvalue weighted by Crippen LogP contribution is 2.52. The Hall–Kier alpha value is -1.48. The molecule has 0 aromatic carbocycles. The molecule has 3 heteroatoms. The molecule has 124 valence electrons. The summed E-state index contributed by atoms with van der Waals surface area (Å²) in [5.41, 5.74) is 2.98. The predicted molar refractivity (Wildman–Crippen MR) is 89.8 cm³/mol. The van der Waals surface area contributed by atoms with E-state index in [0.717, 1.165) is 36.0 Å². The van der Waals surface area contributed by atoms with Crippen LogP contribution in [0, 0.1) is 17.3 Å². The lowest BCUT2D eigenvalue weighted by Crippen LogP contribution is -2.33. The number of hydrogen-bond acceptors (Lipinski definition) is 3. The maximum Gasteiger partial charge on any atom is 0.174 e. The molecule has 0 amide bonds. The van der Waals surface area contributed by atoms with Crippen molar-refractivity contribution in [2.75, 3.05) is 0 Å². The number of carbonyl (C=O) groups excluding carboxylic acids is 2. The highest BCUT2D eigenvalue weighted by molar-refractivity contribution is 6.26. The highest BCUT2D eigenvalue weighted by Gasteiger charge is 2.51. The molecule has 0 radical (unpaired) electrons. The maximum atomic E-state index is 13.0. The molecular formula is C20H26O3. The van der Waals surface area contributed by atoms with Gasteiger partial charge in [0.15, 0.2) is 11.6 Å². The summed E-state index contributed by atoms with van der Waals surface area (Å²) in [6.45, 7) is 10.1. The average Bonchev–Trinajstić information content (AvgIpc) is 2.69. The van der Waals surface area contributed by atoms with Crippen LogP contribution in [0.4, 0.5) is 0 Å². The molecule has 3 aliphatic rings. The first-order chi connectivity index (χ1) is 10.7. The molecule has 3 atom stereocenters. The molecule has 0 saturated carbocycles. The molecule has 3 nitrogen and oxygen atoms in total. The van der Waals surface area contributed by atoms with Crippen molar-refractivity contribution < 1.29 is 14.7 Å². The lowest BCUT2D eigenvalue weighted by molar-refractivity contribution is -0.125. The van der Waals surface area contributed by atoms with E-state index in [4.69, 9.17) is 0 Å². The summed E-state index contributed by atoms with van der Waals surface area (Å²) in [5.74, 6) is -0.384. The Kier molecular flexibility index (Phi) is 3.96. The fourth-order valence-electron chi connectivity index (χ4n) is 4.70. The van der Waals surface area contributed by atoms with Crippen LogP contribution < -0.4 is 0 Å². The normalized spacial score (nSPS) is 34.3. The van der Waals surface area contributed by atoms with E-state index >= 15 is 0 Å². The number of allylic oxidation sites excluding steroid dienone is 3. The van der Waals surface area contributed by atoms with E-state index in [-0.39, 0.29) is 17.0 Å². The van der Waals surface area contributed by atoms with Crippen LogP contribution in [0.5, 0.6) is 0 Å². The molecule has 3 aliphatic carbocycles. The molecule has 0 aromatic heterocycles. The standard InChI is InChI=1S/C20H26O3/c1-11-5-6-13-7-8-15-17(20(13,3)4)19(23)16(18(15)22)12(2)10-14(21)9-11/h10,13-14,16,21H,1,5-9H2,2-4H3/t13-,14+,16+/m1/s1. The fraction of sp³-hybridized carbons (Fsp3) is 0.600. The van der Waals surface area contributed by atoms with E-state index in [2.05, 4.69) is 20.4 Å². The number of rotatable bonds is 0. The van der Waals surface area contributed by atoms with Gasteiger partial charge in [-0.3, -0.25) is 9.59 Å². The van der Waals surface area contributed by atoms with Gasteiger partial charge in [-0.1, -0.05) is 37.6 Å². The minimum atomic E-state index is -0.708. The fourth-order valence-corrected chi connectivity index (χ4v) is 4.70. The van der Waals surface area contributed by atoms with Gasteiger partial charge in [0.25, 0.3) is 0 Å². The number of hydrogen-bond donors (Lipinski definition) is 1. The summed E-state index contributed by atoms with van der Waals surface area (Å²) in [6, 6.07) is 0. The number of Topliss-reactive ketones (excluding diaryl/α,β-unsaturated/α-hetero) is 2. The van der Waals surface area contributed by atoms with Gasteiger partial charge in [-0.05, 0) is 50.4 Å². The molecular weight excluding hydrogens is 288 g/mol. The first-order valence-corrected chi connectivity index (χ1v) is 8.58. The van der Waals surface area contributed by atoms with Crippen molar-refractivity contribution in [3.05, 3.63) is 34.9 Å². The van der Waals surface area contributed by atoms with Crippen molar-refractivity contribution in [2.45, 2.75) is 59.0 Å². The second-order valence-electron chi connectivity index (χ2n) is 7.94. The van der Waals surface area contributed by atoms with E-state index in [1.54, 1.807) is 13.0 Å². The molecule has 3 rings (SSSR count). The maximum absolute atomic E-state index is 13.0. The third-order valence-corrected chi connectivity index (χ3v) is 6.03. The third kappa shape index (κ3) is 2.55. The predicted octanol–water partition coefficient (Wildman–Crippen LogP) is 3.53. The minimum absolute atomic E-state index is 0.0277. The van der Waals surface area contributed by atoms with Gasteiger partial charge in [-0.15, -0.1) is 0 Å². The van der Waals surface area contributed by atoms with Gasteiger partial charge in [0, 0.05) is 11.1 Å². The van der Waals surface area contributed by atoms with E-state index in [0.29, 0.717) is 24.3 Å². The van der Waals surface area contributed by atoms with Gasteiger partial charge in [0.2, 0.25) is 0 Å². The Morgan fingerprint density at radius 2 is 1.83 bits per heavy atom. The Labute approximate surface area is 138 Å². The zero-order chi connectivity index (χ0) is 16.9. The number of carbonyl (C=O) groups is 2. The van der Waals surface area contributed by atoms with Crippen molar-refractivity contribution in [3.8, 4) is 0 Å². The SMILES string of the molecule is C=C1CC[C@@H]2CCC3=C(C(=O)[C@H](C3=O)C(C)=C[C@@H](O)C1)C2(C)C. The molecule has 0 unspecified atom stereocenters. The summed E-state index contributed by atoms with van der Waals surface area (Å²) in [7, 11) is 0. The molecule has 0 saturated heterocycles. The van der Waals surface area contributed by atoms with Gasteiger partial charge in [0.05, 0.1) is 6.10 Å². The summed E-state index contributed by atoms with van der Waals surface area (Å²) < 4.78 is 0. The third-order valence-electron chi connectivity index (χ3n) is 6.03. The number of aliphatic hydroxyl groups is 1. The second-order valence-corrected chi connectivity index (χ2v) is 7.94. The number of aliphatic hydroxyl groups excluding tert-OH is 1. The van der Waals surface area contributed by atoms with Crippen molar-refractivity contribution in [3.63, 3.8) is 0 Å². The molecule has 0 spiro atoms. The highest BCUT2D eigenvalue weighted by atomic mass is 16.3. The van der Waals surface area contributed by atoms with E-state index in [9.17, 15) is 14.7 Å². The molecule has 0 aromatic rings. The summed E-state index contributed by atoms with van der Waals surface area (Å²) in [6.07, 6.45) is 5.02. The Morgan fingerprint density at radius 1 is 1.17 bits per heavy atom. The molecule has 3 bridgehead atoms. The summed E-state index contributed by atoms with van der Waals surface area (Å²) in [5, 5.41) is 10.2. The molecule has 23 heavy (non-hydrogen) atoms. The largest absolute Gasteiger partial charge is 0.389 e. The monoisotopic (exact) mass is 314 g/mol. The first kappa shape index (κ1) is 16.4. The van der Waals surface area contributed by atoms with Crippen molar-refractivity contribution in [1.82, 2.24) is 0 Å². The van der Waals surface area contributed by atoms with Gasteiger partial charge in [-0.25, -0.2) is 0 Å².